The van der Waals surface area contributed by atoms with Gasteiger partial charge in [-0.15, -0.1) is 10.2 Å². The summed E-state index contributed by atoms with van der Waals surface area (Å²) in [5.74, 6) is 0.681. The van der Waals surface area contributed by atoms with Crippen molar-refractivity contribution < 1.29 is 4.79 Å². The number of benzene rings is 1. The Balaban J connectivity index is 1.59. The minimum Gasteiger partial charge on any atom is -0.349 e. The number of fused-ring (bicyclic) bond motifs is 1. The van der Waals surface area contributed by atoms with E-state index in [1.165, 1.54) is 11.3 Å². The first-order chi connectivity index (χ1) is 10.1. The molecule has 0 saturated heterocycles. The van der Waals surface area contributed by atoms with E-state index in [0.29, 0.717) is 18.0 Å². The van der Waals surface area contributed by atoms with E-state index in [4.69, 9.17) is 11.6 Å². The topological polar surface area (TPSA) is 72.2 Å². The Morgan fingerprint density at radius 1 is 1.33 bits per heavy atom. The Morgan fingerprint density at radius 3 is 2.81 bits per heavy atom. The molecule has 8 heteroatoms. The summed E-state index contributed by atoms with van der Waals surface area (Å²) < 4.78 is 1.67. The molecule has 0 atom stereocenters. The van der Waals surface area contributed by atoms with Crippen LogP contribution in [0.25, 0.3) is 4.96 Å². The smallest absolute Gasteiger partial charge is 0.234 e. The van der Waals surface area contributed by atoms with E-state index in [2.05, 4.69) is 20.6 Å². The standard InChI is InChI=1S/C13H12ClN5OS/c1-8-16-17-13-19(8)18-12(21-13)7-15-11(20)6-9-2-4-10(14)5-3-9/h2-5H,6-7H2,1H3,(H,15,20). The highest BCUT2D eigenvalue weighted by atomic mass is 35.5. The van der Waals surface area contributed by atoms with Gasteiger partial charge in [-0.2, -0.15) is 9.61 Å². The molecule has 0 bridgehead atoms. The number of amides is 1. The van der Waals surface area contributed by atoms with Crippen LogP contribution in [-0.4, -0.2) is 25.7 Å². The molecule has 3 aromatic rings. The van der Waals surface area contributed by atoms with E-state index < -0.39 is 0 Å². The first kappa shape index (κ1) is 14.0. The molecule has 6 nitrogen and oxygen atoms in total. The number of rotatable bonds is 4. The fourth-order valence-electron chi connectivity index (χ4n) is 1.85. The summed E-state index contributed by atoms with van der Waals surface area (Å²) in [5, 5.41) is 16.6. The third kappa shape index (κ3) is 3.20. The molecule has 1 amide bonds. The van der Waals surface area contributed by atoms with Crippen LogP contribution in [0.5, 0.6) is 0 Å². The minimum absolute atomic E-state index is 0.0555. The Hall–Kier alpha value is -1.99. The molecule has 0 aliphatic carbocycles. The number of carbonyl (C=O) groups is 1. The first-order valence-electron chi connectivity index (χ1n) is 6.30. The average Bonchev–Trinajstić information content (AvgIpc) is 3.02. The minimum atomic E-state index is -0.0555. The predicted octanol–water partition coefficient (Wildman–Crippen LogP) is 2.01. The van der Waals surface area contributed by atoms with Gasteiger partial charge in [0.2, 0.25) is 10.9 Å². The molecule has 0 spiro atoms. The molecule has 2 heterocycles. The van der Waals surface area contributed by atoms with Gasteiger partial charge in [0, 0.05) is 5.02 Å². The van der Waals surface area contributed by atoms with Crippen LogP contribution in [0.3, 0.4) is 0 Å². The highest BCUT2D eigenvalue weighted by Crippen LogP contribution is 2.13. The Bertz CT molecular complexity index is 780. The van der Waals surface area contributed by atoms with Crippen molar-refractivity contribution in [2.24, 2.45) is 0 Å². The van der Waals surface area contributed by atoms with Crippen molar-refractivity contribution >= 4 is 33.8 Å². The third-order valence-corrected chi connectivity index (χ3v) is 4.05. The number of carbonyl (C=O) groups excluding carboxylic acids is 1. The number of aromatic nitrogens is 4. The summed E-state index contributed by atoms with van der Waals surface area (Å²) in [6.45, 7) is 2.22. The molecular formula is C13H12ClN5OS. The SMILES string of the molecule is Cc1nnc2sc(CNC(=O)Cc3ccc(Cl)cc3)nn12. The molecule has 0 unspecified atom stereocenters. The largest absolute Gasteiger partial charge is 0.349 e. The van der Waals surface area contributed by atoms with Crippen LogP contribution in [0.1, 0.15) is 16.4 Å². The zero-order chi connectivity index (χ0) is 14.8. The molecule has 1 aromatic carbocycles. The van der Waals surface area contributed by atoms with Crippen LogP contribution in [0.2, 0.25) is 5.02 Å². The van der Waals surface area contributed by atoms with Crippen LogP contribution in [0.4, 0.5) is 0 Å². The van der Waals surface area contributed by atoms with Gasteiger partial charge in [-0.3, -0.25) is 4.79 Å². The number of aryl methyl sites for hydroxylation is 1. The van der Waals surface area contributed by atoms with E-state index in [1.54, 1.807) is 16.6 Å². The van der Waals surface area contributed by atoms with Gasteiger partial charge in [-0.1, -0.05) is 35.1 Å². The lowest BCUT2D eigenvalue weighted by Crippen LogP contribution is -2.24. The van der Waals surface area contributed by atoms with Crippen molar-refractivity contribution in [1.82, 2.24) is 25.1 Å². The molecule has 0 aliphatic heterocycles. The summed E-state index contributed by atoms with van der Waals surface area (Å²) in [4.78, 5) is 12.6. The van der Waals surface area contributed by atoms with Gasteiger partial charge < -0.3 is 5.32 Å². The van der Waals surface area contributed by atoms with Crippen molar-refractivity contribution in [3.63, 3.8) is 0 Å². The fraction of sp³-hybridized carbons (Fsp3) is 0.231. The van der Waals surface area contributed by atoms with E-state index in [-0.39, 0.29) is 5.91 Å². The maximum absolute atomic E-state index is 11.9. The van der Waals surface area contributed by atoms with Crippen molar-refractivity contribution in [3.8, 4) is 0 Å². The molecule has 3 rings (SSSR count). The van der Waals surface area contributed by atoms with E-state index in [0.717, 1.165) is 21.4 Å². The Morgan fingerprint density at radius 2 is 2.10 bits per heavy atom. The highest BCUT2D eigenvalue weighted by molar-refractivity contribution is 7.16. The second kappa shape index (κ2) is 5.79. The van der Waals surface area contributed by atoms with Crippen molar-refractivity contribution in [2.75, 3.05) is 0 Å². The first-order valence-corrected chi connectivity index (χ1v) is 7.50. The molecule has 2 aromatic heterocycles. The summed E-state index contributed by atoms with van der Waals surface area (Å²) in [5.41, 5.74) is 0.922. The van der Waals surface area contributed by atoms with Crippen molar-refractivity contribution in [2.45, 2.75) is 19.9 Å². The summed E-state index contributed by atoms with van der Waals surface area (Å²) >= 11 is 7.22. The van der Waals surface area contributed by atoms with Gasteiger partial charge in [0.1, 0.15) is 5.01 Å². The summed E-state index contributed by atoms with van der Waals surface area (Å²) in [6.07, 6.45) is 0.320. The molecule has 0 saturated carbocycles. The van der Waals surface area contributed by atoms with E-state index >= 15 is 0 Å². The second-order valence-corrected chi connectivity index (χ2v) is 5.99. The van der Waals surface area contributed by atoms with Crippen LogP contribution < -0.4 is 5.32 Å². The van der Waals surface area contributed by atoms with Crippen LogP contribution in [-0.2, 0) is 17.8 Å². The number of halogens is 1. The van der Waals surface area contributed by atoms with Gasteiger partial charge in [0.25, 0.3) is 0 Å². The summed E-state index contributed by atoms with van der Waals surface area (Å²) in [7, 11) is 0. The quantitative estimate of drug-likeness (QED) is 0.798. The molecule has 0 fully saturated rings. The van der Waals surface area contributed by atoms with Crippen LogP contribution in [0.15, 0.2) is 24.3 Å². The number of hydrogen-bond acceptors (Lipinski definition) is 5. The lowest BCUT2D eigenvalue weighted by molar-refractivity contribution is -0.120. The van der Waals surface area contributed by atoms with Crippen LogP contribution >= 0.6 is 22.9 Å². The zero-order valence-corrected chi connectivity index (χ0v) is 12.8. The predicted molar refractivity (Wildman–Crippen MR) is 80.4 cm³/mol. The Labute approximate surface area is 129 Å². The summed E-state index contributed by atoms with van der Waals surface area (Å²) in [6, 6.07) is 7.23. The normalized spacial score (nSPS) is 11.0. The van der Waals surface area contributed by atoms with Gasteiger partial charge in [-0.05, 0) is 24.6 Å². The molecule has 0 radical (unpaired) electrons. The van der Waals surface area contributed by atoms with Gasteiger partial charge >= 0.3 is 0 Å². The molecule has 21 heavy (non-hydrogen) atoms. The fourth-order valence-corrected chi connectivity index (χ4v) is 2.79. The Kier molecular flexibility index (Phi) is 3.85. The van der Waals surface area contributed by atoms with E-state index in [9.17, 15) is 4.79 Å². The highest BCUT2D eigenvalue weighted by Gasteiger charge is 2.10. The molecule has 108 valence electrons. The van der Waals surface area contributed by atoms with E-state index in [1.807, 2.05) is 19.1 Å². The molecule has 1 N–H and O–H groups in total. The van der Waals surface area contributed by atoms with Gasteiger partial charge in [0.15, 0.2) is 5.82 Å². The van der Waals surface area contributed by atoms with Crippen molar-refractivity contribution in [3.05, 3.63) is 45.7 Å². The van der Waals surface area contributed by atoms with Gasteiger partial charge in [0.05, 0.1) is 13.0 Å². The number of nitrogens with zero attached hydrogens (tertiary/aromatic N) is 4. The third-order valence-electron chi connectivity index (χ3n) is 2.90. The van der Waals surface area contributed by atoms with Crippen LogP contribution in [0, 0.1) is 6.92 Å². The molecule has 0 aliphatic rings. The average molecular weight is 322 g/mol. The van der Waals surface area contributed by atoms with Gasteiger partial charge in [-0.25, -0.2) is 0 Å². The zero-order valence-electron chi connectivity index (χ0n) is 11.2. The maximum atomic E-state index is 11.9. The number of hydrogen-bond donors (Lipinski definition) is 1. The monoisotopic (exact) mass is 321 g/mol. The molecular weight excluding hydrogens is 310 g/mol. The van der Waals surface area contributed by atoms with Crippen molar-refractivity contribution in [1.29, 1.82) is 0 Å². The lowest BCUT2D eigenvalue weighted by Gasteiger charge is -2.03. The second-order valence-electron chi connectivity index (χ2n) is 4.52. The maximum Gasteiger partial charge on any atom is 0.234 e. The lowest BCUT2D eigenvalue weighted by atomic mass is 10.1. The number of nitrogens with one attached hydrogen (secondary N) is 1.